The topological polar surface area (TPSA) is 50.9 Å². The molecule has 0 aliphatic carbocycles. The molecular formula is C12H13F2N3O. The first kappa shape index (κ1) is 12.6. The van der Waals surface area contributed by atoms with Crippen LogP contribution in [0.4, 0.5) is 8.78 Å². The second-order valence-corrected chi connectivity index (χ2v) is 4.06. The number of aromatic nitrogens is 3. The molecule has 1 unspecified atom stereocenters. The lowest BCUT2D eigenvalue weighted by Gasteiger charge is -2.04. The third-order valence-electron chi connectivity index (χ3n) is 2.71. The molecule has 1 aromatic carbocycles. The molecule has 96 valence electrons. The average Bonchev–Trinajstić information content (AvgIpc) is 2.82. The smallest absolute Gasteiger partial charge is 0.149 e. The van der Waals surface area contributed by atoms with Crippen LogP contribution >= 0.6 is 0 Å². The fraction of sp³-hybridized carbons (Fsp3) is 0.333. The Kier molecular flexibility index (Phi) is 3.38. The van der Waals surface area contributed by atoms with Crippen molar-refractivity contribution in [2.45, 2.75) is 26.4 Å². The molecular weight excluding hydrogens is 240 g/mol. The number of aliphatic hydroxyl groups excluding tert-OH is 1. The maximum Gasteiger partial charge on any atom is 0.149 e. The summed E-state index contributed by atoms with van der Waals surface area (Å²) in [6.07, 6.45) is 1.11. The Balaban J connectivity index is 2.43. The third-order valence-corrected chi connectivity index (χ3v) is 2.71. The highest BCUT2D eigenvalue weighted by molar-refractivity contribution is 5.36. The minimum absolute atomic E-state index is 0.0276. The molecule has 2 rings (SSSR count). The summed E-state index contributed by atoms with van der Waals surface area (Å²) in [5.74, 6) is -1.10. The summed E-state index contributed by atoms with van der Waals surface area (Å²) in [6.45, 7) is 3.27. The van der Waals surface area contributed by atoms with Crippen molar-refractivity contribution in [1.29, 1.82) is 0 Å². The van der Waals surface area contributed by atoms with Crippen LogP contribution < -0.4 is 0 Å². The van der Waals surface area contributed by atoms with Gasteiger partial charge in [0.1, 0.15) is 23.0 Å². The predicted octanol–water partition coefficient (Wildman–Crippen LogP) is 2.30. The van der Waals surface area contributed by atoms with Crippen LogP contribution in [-0.2, 0) is 0 Å². The highest BCUT2D eigenvalue weighted by Crippen LogP contribution is 2.19. The largest absolute Gasteiger partial charge is 0.387 e. The molecule has 0 bridgehead atoms. The van der Waals surface area contributed by atoms with Gasteiger partial charge in [-0.05, 0) is 25.0 Å². The van der Waals surface area contributed by atoms with Gasteiger partial charge in [0.25, 0.3) is 0 Å². The van der Waals surface area contributed by atoms with Gasteiger partial charge in [-0.15, -0.1) is 5.10 Å². The van der Waals surface area contributed by atoms with Crippen LogP contribution in [-0.4, -0.2) is 20.1 Å². The van der Waals surface area contributed by atoms with Crippen molar-refractivity contribution in [3.05, 3.63) is 41.2 Å². The molecule has 1 heterocycles. The van der Waals surface area contributed by atoms with E-state index in [1.807, 2.05) is 0 Å². The molecule has 0 radical (unpaired) electrons. The van der Waals surface area contributed by atoms with Crippen LogP contribution in [0.25, 0.3) is 5.69 Å². The van der Waals surface area contributed by atoms with Crippen LogP contribution in [0, 0.1) is 18.6 Å². The van der Waals surface area contributed by atoms with Crippen molar-refractivity contribution in [2.24, 2.45) is 0 Å². The lowest BCUT2D eigenvalue weighted by Crippen LogP contribution is -2.01. The summed E-state index contributed by atoms with van der Waals surface area (Å²) < 4.78 is 28.2. The number of hydrogen-bond donors (Lipinski definition) is 1. The molecule has 6 heteroatoms. The second kappa shape index (κ2) is 4.81. The molecule has 0 spiro atoms. The summed E-state index contributed by atoms with van der Waals surface area (Å²) in [5, 5.41) is 17.0. The van der Waals surface area contributed by atoms with Gasteiger partial charge in [-0.25, -0.2) is 13.5 Å². The van der Waals surface area contributed by atoms with Crippen molar-refractivity contribution >= 4 is 0 Å². The zero-order valence-electron chi connectivity index (χ0n) is 10.1. The van der Waals surface area contributed by atoms with E-state index in [2.05, 4.69) is 10.3 Å². The van der Waals surface area contributed by atoms with E-state index in [9.17, 15) is 13.9 Å². The Hall–Kier alpha value is -1.82. The zero-order valence-corrected chi connectivity index (χ0v) is 10.1. The van der Waals surface area contributed by atoms with Crippen LogP contribution in [0.5, 0.6) is 0 Å². The Morgan fingerprint density at radius 1 is 1.33 bits per heavy atom. The quantitative estimate of drug-likeness (QED) is 0.913. The van der Waals surface area contributed by atoms with Crippen LogP contribution in [0.1, 0.15) is 30.7 Å². The Morgan fingerprint density at radius 3 is 2.72 bits per heavy atom. The molecule has 0 aliphatic rings. The van der Waals surface area contributed by atoms with Crippen molar-refractivity contribution < 1.29 is 13.9 Å². The maximum absolute atomic E-state index is 13.7. The van der Waals surface area contributed by atoms with Gasteiger partial charge in [0.2, 0.25) is 0 Å². The van der Waals surface area contributed by atoms with E-state index in [4.69, 9.17) is 0 Å². The second-order valence-electron chi connectivity index (χ2n) is 4.06. The molecule has 18 heavy (non-hydrogen) atoms. The highest BCUT2D eigenvalue weighted by atomic mass is 19.1. The van der Waals surface area contributed by atoms with Crippen LogP contribution in [0.15, 0.2) is 18.3 Å². The monoisotopic (exact) mass is 253 g/mol. The van der Waals surface area contributed by atoms with Gasteiger partial charge >= 0.3 is 0 Å². The fourth-order valence-electron chi connectivity index (χ4n) is 1.57. The van der Waals surface area contributed by atoms with Crippen LogP contribution in [0.2, 0.25) is 0 Å². The van der Waals surface area contributed by atoms with E-state index in [1.54, 1.807) is 6.92 Å². The van der Waals surface area contributed by atoms with Crippen molar-refractivity contribution in [3.8, 4) is 5.69 Å². The Labute approximate surface area is 103 Å². The van der Waals surface area contributed by atoms with Crippen molar-refractivity contribution in [3.63, 3.8) is 0 Å². The van der Waals surface area contributed by atoms with E-state index in [-0.39, 0.29) is 11.3 Å². The summed E-state index contributed by atoms with van der Waals surface area (Å²) >= 11 is 0. The Morgan fingerprint density at radius 2 is 2.06 bits per heavy atom. The predicted molar refractivity (Wildman–Crippen MR) is 61.3 cm³/mol. The van der Waals surface area contributed by atoms with Crippen LogP contribution in [0.3, 0.4) is 0 Å². The first-order valence-electron chi connectivity index (χ1n) is 5.59. The Bertz CT molecular complexity index is 568. The first-order valence-corrected chi connectivity index (χ1v) is 5.59. The molecule has 0 aliphatic heterocycles. The number of halogens is 2. The molecule has 2 aromatic rings. The van der Waals surface area contributed by atoms with Crippen molar-refractivity contribution in [2.75, 3.05) is 0 Å². The van der Waals surface area contributed by atoms with Gasteiger partial charge < -0.3 is 5.11 Å². The lowest BCUT2D eigenvalue weighted by atomic mass is 10.2. The number of nitrogens with zero attached hydrogens (tertiary/aromatic N) is 3. The lowest BCUT2D eigenvalue weighted by molar-refractivity contribution is 0.169. The molecule has 4 nitrogen and oxygen atoms in total. The minimum atomic E-state index is -0.753. The minimum Gasteiger partial charge on any atom is -0.387 e. The van der Waals surface area contributed by atoms with Gasteiger partial charge in [-0.2, -0.15) is 0 Å². The fourth-order valence-corrected chi connectivity index (χ4v) is 1.57. The average molecular weight is 253 g/mol. The number of hydrogen-bond acceptors (Lipinski definition) is 3. The van der Waals surface area contributed by atoms with E-state index in [0.29, 0.717) is 12.1 Å². The maximum atomic E-state index is 13.7. The van der Waals surface area contributed by atoms with Gasteiger partial charge in [-0.3, -0.25) is 0 Å². The summed E-state index contributed by atoms with van der Waals surface area (Å²) in [6, 6.07) is 2.16. The van der Waals surface area contributed by atoms with Gasteiger partial charge in [0, 0.05) is 6.07 Å². The standard InChI is InChI=1S/C12H13F2N3O/c1-3-12(18)10-6-17(16-15-10)11-5-8(13)7(2)4-9(11)14/h4-6,12,18H,3H2,1-2H3. The summed E-state index contributed by atoms with van der Waals surface area (Å²) in [5.41, 5.74) is 0.531. The molecule has 0 fully saturated rings. The van der Waals surface area contributed by atoms with Crippen molar-refractivity contribution in [1.82, 2.24) is 15.0 Å². The number of rotatable bonds is 3. The first-order chi connectivity index (χ1) is 8.52. The van der Waals surface area contributed by atoms with E-state index < -0.39 is 17.7 Å². The zero-order chi connectivity index (χ0) is 13.3. The third kappa shape index (κ3) is 2.24. The van der Waals surface area contributed by atoms with Gasteiger partial charge in [0.15, 0.2) is 0 Å². The molecule has 0 saturated heterocycles. The molecule has 1 N–H and O–H groups in total. The summed E-state index contributed by atoms with van der Waals surface area (Å²) in [7, 11) is 0. The number of aryl methyl sites for hydroxylation is 1. The van der Waals surface area contributed by atoms with E-state index in [1.165, 1.54) is 13.1 Å². The molecule has 0 saturated carbocycles. The van der Waals surface area contributed by atoms with E-state index >= 15 is 0 Å². The summed E-state index contributed by atoms with van der Waals surface area (Å²) in [4.78, 5) is 0. The number of benzene rings is 1. The highest BCUT2D eigenvalue weighted by Gasteiger charge is 2.14. The van der Waals surface area contributed by atoms with E-state index in [0.717, 1.165) is 16.8 Å². The van der Waals surface area contributed by atoms with Gasteiger partial charge in [-0.1, -0.05) is 12.1 Å². The SMILES string of the molecule is CCC(O)c1cn(-c2cc(F)c(C)cc2F)nn1. The number of aliphatic hydroxyl groups is 1. The molecule has 1 aromatic heterocycles. The normalized spacial score (nSPS) is 12.7. The molecule has 0 amide bonds. The molecule has 1 atom stereocenters. The van der Waals surface area contributed by atoms with Gasteiger partial charge in [0.05, 0.1) is 12.3 Å².